The third kappa shape index (κ3) is 1.98. The fourth-order valence-corrected chi connectivity index (χ4v) is 3.02. The highest BCUT2D eigenvalue weighted by Crippen LogP contribution is 2.36. The third-order valence-corrected chi connectivity index (χ3v) is 4.14. The molecule has 2 aliphatic heterocycles. The van der Waals surface area contributed by atoms with E-state index in [9.17, 15) is 0 Å². The number of nitrogens with zero attached hydrogens (tertiary/aromatic N) is 2. The average Bonchev–Trinajstić information content (AvgIpc) is 3.17. The highest BCUT2D eigenvalue weighted by molar-refractivity contribution is 5.56. The Balaban J connectivity index is 1.65. The molecule has 1 aromatic carbocycles. The van der Waals surface area contributed by atoms with Gasteiger partial charge in [0.25, 0.3) is 0 Å². The Morgan fingerprint density at radius 2 is 2.15 bits per heavy atom. The molecule has 5 nitrogen and oxygen atoms in total. The average molecular weight is 271 g/mol. The van der Waals surface area contributed by atoms with E-state index in [1.807, 2.05) is 6.07 Å². The second-order valence-corrected chi connectivity index (χ2v) is 5.41. The van der Waals surface area contributed by atoms with Crippen molar-refractivity contribution in [1.82, 2.24) is 10.1 Å². The summed E-state index contributed by atoms with van der Waals surface area (Å²) in [6.07, 6.45) is 1.97. The van der Waals surface area contributed by atoms with E-state index in [4.69, 9.17) is 9.26 Å². The Bertz CT molecular complexity index is 605. The van der Waals surface area contributed by atoms with Gasteiger partial charge in [0.15, 0.2) is 5.82 Å². The van der Waals surface area contributed by atoms with E-state index in [0.29, 0.717) is 12.5 Å². The maximum absolute atomic E-state index is 5.53. The summed E-state index contributed by atoms with van der Waals surface area (Å²) >= 11 is 0. The molecule has 2 aromatic rings. The summed E-state index contributed by atoms with van der Waals surface area (Å²) in [5.74, 6) is 2.04. The van der Waals surface area contributed by atoms with Crippen LogP contribution in [0.4, 0.5) is 5.69 Å². The fraction of sp³-hybridized carbons (Fsp3) is 0.467. The van der Waals surface area contributed by atoms with Crippen molar-refractivity contribution in [3.05, 3.63) is 41.5 Å². The van der Waals surface area contributed by atoms with Gasteiger partial charge in [-0.1, -0.05) is 23.4 Å². The molecule has 0 spiro atoms. The van der Waals surface area contributed by atoms with Gasteiger partial charge in [0.2, 0.25) is 5.89 Å². The molecule has 4 rings (SSSR count). The lowest BCUT2D eigenvalue weighted by atomic mass is 9.91. The van der Waals surface area contributed by atoms with Crippen molar-refractivity contribution in [1.29, 1.82) is 0 Å². The molecule has 20 heavy (non-hydrogen) atoms. The summed E-state index contributed by atoms with van der Waals surface area (Å²) in [5.41, 5.74) is 2.42. The summed E-state index contributed by atoms with van der Waals surface area (Å²) < 4.78 is 10.9. The Labute approximate surface area is 117 Å². The van der Waals surface area contributed by atoms with Gasteiger partial charge < -0.3 is 14.6 Å². The molecular weight excluding hydrogens is 254 g/mol. The second-order valence-electron chi connectivity index (χ2n) is 5.41. The smallest absolute Gasteiger partial charge is 0.234 e. The number of aromatic nitrogens is 2. The molecule has 0 radical (unpaired) electrons. The summed E-state index contributed by atoms with van der Waals surface area (Å²) in [6, 6.07) is 8.34. The molecule has 3 heterocycles. The lowest BCUT2D eigenvalue weighted by molar-refractivity contribution is 0.192. The van der Waals surface area contributed by atoms with E-state index in [-0.39, 0.29) is 5.92 Å². The summed E-state index contributed by atoms with van der Waals surface area (Å²) in [6.45, 7) is 2.44. The van der Waals surface area contributed by atoms with E-state index in [1.165, 1.54) is 11.3 Å². The molecule has 0 saturated carbocycles. The van der Waals surface area contributed by atoms with Crippen LogP contribution in [-0.2, 0) is 4.74 Å². The molecule has 5 heteroatoms. The number of para-hydroxylation sites is 1. The number of fused-ring (bicyclic) bond motifs is 1. The van der Waals surface area contributed by atoms with Gasteiger partial charge in [-0.05, 0) is 24.5 Å². The van der Waals surface area contributed by atoms with Crippen molar-refractivity contribution in [2.45, 2.75) is 24.7 Å². The molecule has 2 unspecified atom stereocenters. The van der Waals surface area contributed by atoms with Gasteiger partial charge >= 0.3 is 0 Å². The number of anilines is 1. The first kappa shape index (κ1) is 11.9. The van der Waals surface area contributed by atoms with Gasteiger partial charge in [0.05, 0.1) is 12.5 Å². The maximum atomic E-state index is 5.53. The minimum atomic E-state index is 0.205. The highest BCUT2D eigenvalue weighted by Gasteiger charge is 2.29. The monoisotopic (exact) mass is 271 g/mol. The lowest BCUT2D eigenvalue weighted by Crippen LogP contribution is -2.17. The second kappa shape index (κ2) is 4.90. The quantitative estimate of drug-likeness (QED) is 0.909. The number of hydrogen-bond donors (Lipinski definition) is 1. The van der Waals surface area contributed by atoms with Crippen LogP contribution in [0.1, 0.15) is 42.0 Å². The molecular formula is C15H17N3O2. The lowest BCUT2D eigenvalue weighted by Gasteiger charge is -2.23. The van der Waals surface area contributed by atoms with Crippen LogP contribution in [0.15, 0.2) is 28.8 Å². The van der Waals surface area contributed by atoms with Crippen LogP contribution in [-0.4, -0.2) is 29.9 Å². The topological polar surface area (TPSA) is 60.2 Å². The van der Waals surface area contributed by atoms with Crippen LogP contribution in [0.3, 0.4) is 0 Å². The fourth-order valence-electron chi connectivity index (χ4n) is 3.02. The maximum Gasteiger partial charge on any atom is 0.234 e. The van der Waals surface area contributed by atoms with Crippen LogP contribution in [0.25, 0.3) is 0 Å². The molecule has 0 bridgehead atoms. The van der Waals surface area contributed by atoms with E-state index in [2.05, 4.69) is 33.7 Å². The van der Waals surface area contributed by atoms with Crippen molar-refractivity contribution in [3.8, 4) is 0 Å². The minimum Gasteiger partial charge on any atom is -0.385 e. The standard InChI is InChI=1S/C15H17N3O2/c1-2-4-13-11(3-1)12(5-7-16-13)15-17-14(18-20-15)10-6-8-19-9-10/h1-4,10,12,16H,5-9H2. The van der Waals surface area contributed by atoms with Gasteiger partial charge in [-0.3, -0.25) is 0 Å². The van der Waals surface area contributed by atoms with Crippen molar-refractivity contribution < 1.29 is 9.26 Å². The van der Waals surface area contributed by atoms with Gasteiger partial charge in [-0.15, -0.1) is 0 Å². The van der Waals surface area contributed by atoms with E-state index in [1.54, 1.807) is 0 Å². The first-order valence-corrected chi connectivity index (χ1v) is 7.16. The molecule has 2 atom stereocenters. The van der Waals surface area contributed by atoms with Crippen LogP contribution >= 0.6 is 0 Å². The molecule has 1 fully saturated rings. The first-order valence-electron chi connectivity index (χ1n) is 7.16. The van der Waals surface area contributed by atoms with E-state index >= 15 is 0 Å². The zero-order valence-corrected chi connectivity index (χ0v) is 11.2. The summed E-state index contributed by atoms with van der Waals surface area (Å²) in [5, 5.41) is 7.57. The van der Waals surface area contributed by atoms with Gasteiger partial charge in [0, 0.05) is 24.8 Å². The van der Waals surface area contributed by atoms with Gasteiger partial charge in [0.1, 0.15) is 0 Å². The van der Waals surface area contributed by atoms with Gasteiger partial charge in [-0.2, -0.15) is 4.98 Å². The van der Waals surface area contributed by atoms with E-state index in [0.717, 1.165) is 37.7 Å². The van der Waals surface area contributed by atoms with Gasteiger partial charge in [-0.25, -0.2) is 0 Å². The Hall–Kier alpha value is -1.88. The van der Waals surface area contributed by atoms with Crippen molar-refractivity contribution in [3.63, 3.8) is 0 Å². The van der Waals surface area contributed by atoms with Crippen LogP contribution < -0.4 is 5.32 Å². The van der Waals surface area contributed by atoms with Crippen LogP contribution in [0.2, 0.25) is 0 Å². The van der Waals surface area contributed by atoms with Crippen molar-refractivity contribution >= 4 is 5.69 Å². The minimum absolute atomic E-state index is 0.205. The zero-order chi connectivity index (χ0) is 13.4. The summed E-state index contributed by atoms with van der Waals surface area (Å²) in [4.78, 5) is 4.63. The van der Waals surface area contributed by atoms with Crippen molar-refractivity contribution in [2.24, 2.45) is 0 Å². The van der Waals surface area contributed by atoms with Crippen LogP contribution in [0.5, 0.6) is 0 Å². The molecule has 104 valence electrons. The van der Waals surface area contributed by atoms with Crippen LogP contribution in [0, 0.1) is 0 Å². The number of nitrogens with one attached hydrogen (secondary N) is 1. The summed E-state index contributed by atoms with van der Waals surface area (Å²) in [7, 11) is 0. The Morgan fingerprint density at radius 1 is 1.20 bits per heavy atom. The molecule has 2 aliphatic rings. The number of rotatable bonds is 2. The SMILES string of the molecule is c1ccc2c(c1)NCCC2c1nc(C2CCOC2)no1. The third-order valence-electron chi connectivity index (χ3n) is 4.14. The predicted molar refractivity (Wildman–Crippen MR) is 73.9 cm³/mol. The number of benzene rings is 1. The van der Waals surface area contributed by atoms with E-state index < -0.39 is 0 Å². The Kier molecular flexibility index (Phi) is 2.92. The molecule has 0 amide bonds. The predicted octanol–water partition coefficient (Wildman–Crippen LogP) is 2.52. The first-order chi connectivity index (χ1) is 9.92. The zero-order valence-electron chi connectivity index (χ0n) is 11.2. The molecule has 1 saturated heterocycles. The normalized spacial score (nSPS) is 25.2. The largest absolute Gasteiger partial charge is 0.385 e. The van der Waals surface area contributed by atoms with Crippen molar-refractivity contribution in [2.75, 3.05) is 25.1 Å². The molecule has 0 aliphatic carbocycles. The Morgan fingerprint density at radius 3 is 3.05 bits per heavy atom. The molecule has 1 N–H and O–H groups in total. The molecule has 1 aromatic heterocycles. The number of hydrogen-bond acceptors (Lipinski definition) is 5. The number of ether oxygens (including phenoxy) is 1. The highest BCUT2D eigenvalue weighted by atomic mass is 16.5.